The highest BCUT2D eigenvalue weighted by Crippen LogP contribution is 2.40. The van der Waals surface area contributed by atoms with E-state index in [0.29, 0.717) is 27.8 Å². The first-order chi connectivity index (χ1) is 14.0. The number of halogens is 2. The molecular formula is C19H20Cl2N4O5. The minimum atomic E-state index is -1.31. The molecule has 11 heteroatoms. The van der Waals surface area contributed by atoms with Crippen LogP contribution in [0.25, 0.3) is 0 Å². The van der Waals surface area contributed by atoms with Crippen molar-refractivity contribution in [3.63, 3.8) is 0 Å². The molecule has 6 atom stereocenters. The second-order valence-corrected chi connectivity index (χ2v) is 7.66. The minimum absolute atomic E-state index is 0. The van der Waals surface area contributed by atoms with E-state index in [0.717, 1.165) is 0 Å². The van der Waals surface area contributed by atoms with Crippen LogP contribution in [0.15, 0.2) is 46.5 Å². The second-order valence-electron chi connectivity index (χ2n) is 7.23. The number of aromatic nitrogens is 1. The van der Waals surface area contributed by atoms with Crippen LogP contribution in [-0.4, -0.2) is 73.2 Å². The number of nitrogens with zero attached hydrogens (tertiary/aromatic N) is 4. The third-order valence-electron chi connectivity index (χ3n) is 5.47. The van der Waals surface area contributed by atoms with E-state index >= 15 is 0 Å². The number of amidine groups is 1. The van der Waals surface area contributed by atoms with Crippen molar-refractivity contribution in [3.05, 3.63) is 52.7 Å². The van der Waals surface area contributed by atoms with Gasteiger partial charge in [0.25, 0.3) is 0 Å². The van der Waals surface area contributed by atoms with Crippen LogP contribution in [0.1, 0.15) is 23.5 Å². The van der Waals surface area contributed by atoms with Gasteiger partial charge in [-0.1, -0.05) is 23.7 Å². The summed E-state index contributed by atoms with van der Waals surface area (Å²) in [4.78, 5) is 10.3. The lowest BCUT2D eigenvalue weighted by atomic mass is 9.99. The molecule has 4 heterocycles. The highest BCUT2D eigenvalue weighted by Gasteiger charge is 2.48. The van der Waals surface area contributed by atoms with Crippen molar-refractivity contribution in [2.45, 2.75) is 36.9 Å². The summed E-state index contributed by atoms with van der Waals surface area (Å²) in [6.07, 6.45) is -3.31. The Bertz CT molecular complexity index is 995. The molecule has 0 bridgehead atoms. The van der Waals surface area contributed by atoms with Gasteiger partial charge in [0.1, 0.15) is 42.4 Å². The van der Waals surface area contributed by atoms with Crippen molar-refractivity contribution >= 4 is 42.0 Å². The maximum atomic E-state index is 10.7. The Kier molecular flexibility index (Phi) is 5.62. The number of aliphatic imine (C=N–C) groups is 2. The van der Waals surface area contributed by atoms with Gasteiger partial charge in [-0.05, 0) is 23.8 Å². The van der Waals surface area contributed by atoms with Gasteiger partial charge >= 0.3 is 0 Å². The van der Waals surface area contributed by atoms with Crippen molar-refractivity contribution in [1.82, 2.24) is 9.47 Å². The predicted octanol–water partition coefficient (Wildman–Crippen LogP) is 0.970. The molecule has 1 aromatic carbocycles. The van der Waals surface area contributed by atoms with Gasteiger partial charge in [0.2, 0.25) is 0 Å². The first-order valence-corrected chi connectivity index (χ1v) is 9.55. The molecule has 3 aliphatic heterocycles. The molecule has 5 rings (SSSR count). The zero-order valence-corrected chi connectivity index (χ0v) is 17.1. The standard InChI is InChI=1S/C19H19ClN4O5.ClH/c20-10-3-1-9(2-4-10)13(26)16-14(27)15(28)19(29-16)23-6-5-11-17-21-7-12(25)24(17)8-22-18(11)23;/h1-6,8,12-16,19,25-28H,7H2;1H/t12?,13-,14+,15-,16-,19-;/m1./s1. The smallest absolute Gasteiger partial charge is 0.164 e. The summed E-state index contributed by atoms with van der Waals surface area (Å²) >= 11 is 5.89. The largest absolute Gasteiger partial charge is 0.387 e. The van der Waals surface area contributed by atoms with Crippen LogP contribution in [0.3, 0.4) is 0 Å². The average Bonchev–Trinajstić information content (AvgIpc) is 3.39. The van der Waals surface area contributed by atoms with E-state index in [1.165, 1.54) is 6.34 Å². The molecule has 1 saturated heterocycles. The zero-order chi connectivity index (χ0) is 20.3. The van der Waals surface area contributed by atoms with Crippen LogP contribution < -0.4 is 0 Å². The molecule has 4 N–H and O–H groups in total. The SMILES string of the molecule is Cl.OC1CN=C2c3ccn([C@@H]4O[C@H]([C@H](O)c5ccc(Cl)cc5)[C@@H](O)[C@H]4O)c3N=CN21. The molecule has 0 saturated carbocycles. The topological polar surface area (TPSA) is 123 Å². The highest BCUT2D eigenvalue weighted by molar-refractivity contribution is 6.30. The fourth-order valence-electron chi connectivity index (χ4n) is 3.93. The Morgan fingerprint density at radius 1 is 1.10 bits per heavy atom. The number of ether oxygens (including phenoxy) is 1. The van der Waals surface area contributed by atoms with Crippen LogP contribution >= 0.6 is 24.0 Å². The summed E-state index contributed by atoms with van der Waals surface area (Å²) in [5.74, 6) is 1.08. The van der Waals surface area contributed by atoms with Crippen LogP contribution in [0.2, 0.25) is 5.02 Å². The number of rotatable bonds is 3. The summed E-state index contributed by atoms with van der Waals surface area (Å²) in [5.41, 5.74) is 1.21. The number of aliphatic hydroxyl groups is 4. The lowest BCUT2D eigenvalue weighted by Crippen LogP contribution is -2.37. The van der Waals surface area contributed by atoms with Crippen LogP contribution in [-0.2, 0) is 4.74 Å². The van der Waals surface area contributed by atoms with Gasteiger partial charge in [0.05, 0.1) is 12.1 Å². The van der Waals surface area contributed by atoms with E-state index < -0.39 is 36.9 Å². The van der Waals surface area contributed by atoms with E-state index in [-0.39, 0.29) is 19.0 Å². The molecular weight excluding hydrogens is 435 g/mol. The van der Waals surface area contributed by atoms with Crippen molar-refractivity contribution in [2.75, 3.05) is 6.54 Å². The van der Waals surface area contributed by atoms with E-state index in [9.17, 15) is 20.4 Å². The molecule has 160 valence electrons. The maximum Gasteiger partial charge on any atom is 0.164 e. The van der Waals surface area contributed by atoms with Gasteiger partial charge < -0.3 is 29.7 Å². The van der Waals surface area contributed by atoms with Crippen molar-refractivity contribution in [1.29, 1.82) is 0 Å². The third-order valence-corrected chi connectivity index (χ3v) is 5.73. The van der Waals surface area contributed by atoms with Gasteiger partial charge in [-0.15, -0.1) is 12.4 Å². The predicted molar refractivity (Wildman–Crippen MR) is 111 cm³/mol. The Morgan fingerprint density at radius 3 is 2.57 bits per heavy atom. The average molecular weight is 455 g/mol. The van der Waals surface area contributed by atoms with E-state index in [1.54, 1.807) is 46.0 Å². The molecule has 1 fully saturated rings. The lowest BCUT2D eigenvalue weighted by Gasteiger charge is -2.24. The molecule has 2 aromatic rings. The van der Waals surface area contributed by atoms with Gasteiger partial charge in [-0.3, -0.25) is 9.89 Å². The van der Waals surface area contributed by atoms with Crippen LogP contribution in [0, 0.1) is 0 Å². The first-order valence-electron chi connectivity index (χ1n) is 9.17. The molecule has 1 unspecified atom stereocenters. The van der Waals surface area contributed by atoms with Crippen LogP contribution in [0.4, 0.5) is 5.82 Å². The number of aliphatic hydroxyl groups excluding tert-OH is 4. The minimum Gasteiger partial charge on any atom is -0.387 e. The van der Waals surface area contributed by atoms with E-state index in [2.05, 4.69) is 9.98 Å². The monoisotopic (exact) mass is 454 g/mol. The normalized spacial score (nSPS) is 30.5. The van der Waals surface area contributed by atoms with Crippen molar-refractivity contribution < 1.29 is 25.2 Å². The number of fused-ring (bicyclic) bond motifs is 3. The molecule has 3 aliphatic rings. The Balaban J connectivity index is 0.00000218. The molecule has 30 heavy (non-hydrogen) atoms. The lowest BCUT2D eigenvalue weighted by molar-refractivity contribution is -0.0854. The van der Waals surface area contributed by atoms with Gasteiger partial charge in [-0.2, -0.15) is 0 Å². The first kappa shape index (κ1) is 21.3. The summed E-state index contributed by atoms with van der Waals surface area (Å²) in [5, 5.41) is 42.3. The second kappa shape index (κ2) is 7.93. The fraction of sp³-hybridized carbons (Fsp3) is 0.368. The maximum absolute atomic E-state index is 10.7. The third kappa shape index (κ3) is 3.23. The van der Waals surface area contributed by atoms with Crippen molar-refractivity contribution in [2.24, 2.45) is 9.98 Å². The van der Waals surface area contributed by atoms with Gasteiger partial charge in [0, 0.05) is 11.2 Å². The summed E-state index contributed by atoms with van der Waals surface area (Å²) in [7, 11) is 0. The molecule has 0 amide bonds. The molecule has 1 aromatic heterocycles. The Labute approximate surface area is 182 Å². The highest BCUT2D eigenvalue weighted by atomic mass is 35.5. The summed E-state index contributed by atoms with van der Waals surface area (Å²) in [6, 6.07) is 8.32. The van der Waals surface area contributed by atoms with Gasteiger partial charge in [-0.25, -0.2) is 4.99 Å². The Morgan fingerprint density at radius 2 is 1.83 bits per heavy atom. The molecule has 0 aliphatic carbocycles. The van der Waals surface area contributed by atoms with Gasteiger partial charge in [0.15, 0.2) is 12.5 Å². The number of hydrogen-bond donors (Lipinski definition) is 4. The quantitative estimate of drug-likeness (QED) is 0.547. The number of hydrogen-bond acceptors (Lipinski definition) is 8. The zero-order valence-electron chi connectivity index (χ0n) is 15.5. The molecule has 9 nitrogen and oxygen atoms in total. The van der Waals surface area contributed by atoms with Crippen molar-refractivity contribution in [3.8, 4) is 0 Å². The fourth-order valence-corrected chi connectivity index (χ4v) is 4.06. The van der Waals surface area contributed by atoms with Crippen LogP contribution in [0.5, 0.6) is 0 Å². The van der Waals surface area contributed by atoms with E-state index in [4.69, 9.17) is 16.3 Å². The van der Waals surface area contributed by atoms with E-state index in [1.807, 2.05) is 0 Å². The molecule has 0 spiro atoms. The molecule has 0 radical (unpaired) electrons. The summed E-state index contributed by atoms with van der Waals surface area (Å²) < 4.78 is 7.47. The number of benzene rings is 1. The summed E-state index contributed by atoms with van der Waals surface area (Å²) in [6.45, 7) is 0.253. The Hall–Kier alpha value is -1.98.